The molecule has 1 radical (unpaired) electrons. The van der Waals surface area contributed by atoms with E-state index in [4.69, 9.17) is 0 Å². The van der Waals surface area contributed by atoms with E-state index in [1.54, 1.807) is 0 Å². The standard InChI is InChI=1S/C4H3N2O2/c7-3-1-2-4(8)6-5-3/h1H,(H,5,7)(H,6,8). The summed E-state index contributed by atoms with van der Waals surface area (Å²) in [6.45, 7) is 0. The van der Waals surface area contributed by atoms with E-state index in [0.29, 0.717) is 0 Å². The predicted molar refractivity (Wildman–Crippen MR) is 26.5 cm³/mol. The van der Waals surface area contributed by atoms with Crippen molar-refractivity contribution >= 4 is 0 Å². The van der Waals surface area contributed by atoms with E-state index < -0.39 is 5.56 Å². The summed E-state index contributed by atoms with van der Waals surface area (Å²) in [5, 5.41) is 4.13. The maximum atomic E-state index is 10.2. The van der Waals surface area contributed by atoms with Gasteiger partial charge in [-0.1, -0.05) is 0 Å². The summed E-state index contributed by atoms with van der Waals surface area (Å²) in [4.78, 5) is 20.3. The number of rotatable bonds is 0. The normalized spacial score (nSPS) is 9.00. The molecule has 0 unspecified atom stereocenters. The number of nitrogens with one attached hydrogen (secondary N) is 2. The van der Waals surface area contributed by atoms with Crippen LogP contribution in [0.5, 0.6) is 0 Å². The molecular weight excluding hydrogens is 108 g/mol. The Morgan fingerprint density at radius 2 is 2.12 bits per heavy atom. The third-order valence-electron chi connectivity index (χ3n) is 0.634. The third-order valence-corrected chi connectivity index (χ3v) is 0.634. The first-order valence-corrected chi connectivity index (χ1v) is 1.99. The van der Waals surface area contributed by atoms with Crippen molar-refractivity contribution in [2.75, 3.05) is 0 Å². The van der Waals surface area contributed by atoms with E-state index in [-0.39, 0.29) is 5.56 Å². The van der Waals surface area contributed by atoms with Gasteiger partial charge < -0.3 is 0 Å². The Labute approximate surface area is 44.2 Å². The summed E-state index contributed by atoms with van der Waals surface area (Å²) in [6.07, 6.45) is 0. The van der Waals surface area contributed by atoms with Crippen LogP contribution in [-0.2, 0) is 0 Å². The average Bonchev–Trinajstić information content (AvgIpc) is 1.77. The summed E-state index contributed by atoms with van der Waals surface area (Å²) in [5.41, 5.74) is -0.783. The topological polar surface area (TPSA) is 65.7 Å². The minimum absolute atomic E-state index is 0.357. The third kappa shape index (κ3) is 0.841. The van der Waals surface area contributed by atoms with Crippen LogP contribution in [0, 0.1) is 6.07 Å². The first-order chi connectivity index (χ1) is 3.79. The molecule has 1 rings (SSSR count). The van der Waals surface area contributed by atoms with Crippen LogP contribution in [-0.4, -0.2) is 10.2 Å². The smallest absolute Gasteiger partial charge is 0.268 e. The lowest BCUT2D eigenvalue weighted by molar-refractivity contribution is 0.949. The Hall–Kier alpha value is -1.32. The van der Waals surface area contributed by atoms with E-state index in [2.05, 4.69) is 16.3 Å². The molecule has 0 spiro atoms. The molecule has 0 aliphatic carbocycles. The van der Waals surface area contributed by atoms with Gasteiger partial charge in [0.15, 0.2) is 0 Å². The molecule has 8 heavy (non-hydrogen) atoms. The molecule has 0 aromatic carbocycles. The molecular formula is C4H3N2O2. The molecule has 1 aromatic heterocycles. The van der Waals surface area contributed by atoms with E-state index in [0.717, 1.165) is 6.07 Å². The molecule has 1 heterocycles. The van der Waals surface area contributed by atoms with Crippen LogP contribution in [0.15, 0.2) is 15.7 Å². The van der Waals surface area contributed by atoms with Gasteiger partial charge >= 0.3 is 0 Å². The van der Waals surface area contributed by atoms with Gasteiger partial charge in [0.05, 0.1) is 6.07 Å². The molecule has 0 atom stereocenters. The molecule has 0 fully saturated rings. The van der Waals surface area contributed by atoms with Gasteiger partial charge in [-0.15, -0.1) is 0 Å². The highest BCUT2D eigenvalue weighted by Gasteiger charge is 1.78. The zero-order chi connectivity index (χ0) is 5.98. The van der Waals surface area contributed by atoms with Crippen molar-refractivity contribution in [1.29, 1.82) is 0 Å². The SMILES string of the molecule is O=c1[c]cc(=O)[nH][nH]1. The molecule has 4 nitrogen and oxygen atoms in total. The Kier molecular flexibility index (Phi) is 0.997. The van der Waals surface area contributed by atoms with E-state index in [9.17, 15) is 9.59 Å². The van der Waals surface area contributed by atoms with Crippen molar-refractivity contribution in [3.63, 3.8) is 0 Å². The van der Waals surface area contributed by atoms with Gasteiger partial charge in [0.1, 0.15) is 0 Å². The lowest BCUT2D eigenvalue weighted by atomic mass is 10.6. The first kappa shape index (κ1) is 4.83. The van der Waals surface area contributed by atoms with Gasteiger partial charge in [-0.05, 0) is 0 Å². The second kappa shape index (κ2) is 1.65. The van der Waals surface area contributed by atoms with Crippen LogP contribution < -0.4 is 11.1 Å². The molecule has 0 saturated heterocycles. The monoisotopic (exact) mass is 111 g/mol. The summed E-state index contributed by atoms with van der Waals surface area (Å²) >= 11 is 0. The van der Waals surface area contributed by atoms with Crippen molar-refractivity contribution in [2.24, 2.45) is 0 Å². The predicted octanol–water partition coefficient (Wildman–Crippen LogP) is -1.14. The molecule has 0 aliphatic heterocycles. The van der Waals surface area contributed by atoms with E-state index in [1.807, 2.05) is 0 Å². The van der Waals surface area contributed by atoms with Crippen molar-refractivity contribution < 1.29 is 0 Å². The van der Waals surface area contributed by atoms with Gasteiger partial charge in [0.2, 0.25) is 0 Å². The fourth-order valence-electron chi connectivity index (χ4n) is 0.322. The highest BCUT2D eigenvalue weighted by molar-refractivity contribution is 4.80. The van der Waals surface area contributed by atoms with Crippen LogP contribution in [0.25, 0.3) is 0 Å². The molecule has 4 heteroatoms. The fourth-order valence-corrected chi connectivity index (χ4v) is 0.322. The number of aromatic nitrogens is 2. The molecule has 41 valence electrons. The van der Waals surface area contributed by atoms with Crippen molar-refractivity contribution in [3.8, 4) is 0 Å². The second-order valence-corrected chi connectivity index (χ2v) is 1.23. The number of aromatic amines is 2. The molecule has 0 aliphatic rings. The van der Waals surface area contributed by atoms with Gasteiger partial charge in [-0.3, -0.25) is 19.8 Å². The Bertz CT molecular complexity index is 219. The summed E-state index contributed by atoms with van der Waals surface area (Å²) in [5.74, 6) is 0. The van der Waals surface area contributed by atoms with Gasteiger partial charge in [0, 0.05) is 6.07 Å². The Balaban J connectivity index is 3.44. The lowest BCUT2D eigenvalue weighted by Crippen LogP contribution is -2.15. The highest BCUT2D eigenvalue weighted by atomic mass is 16.1. The average molecular weight is 111 g/mol. The number of hydrogen-bond donors (Lipinski definition) is 2. The summed E-state index contributed by atoms with van der Waals surface area (Å²) < 4.78 is 0. The fraction of sp³-hybridized carbons (Fsp3) is 0. The molecule has 1 aromatic rings. The minimum atomic E-state index is -0.426. The van der Waals surface area contributed by atoms with E-state index >= 15 is 0 Å². The van der Waals surface area contributed by atoms with Gasteiger partial charge in [-0.2, -0.15) is 0 Å². The Morgan fingerprint density at radius 1 is 1.38 bits per heavy atom. The minimum Gasteiger partial charge on any atom is -0.268 e. The van der Waals surface area contributed by atoms with Crippen LogP contribution in [0.2, 0.25) is 0 Å². The van der Waals surface area contributed by atoms with Gasteiger partial charge in [-0.25, -0.2) is 0 Å². The molecule has 0 saturated carbocycles. The summed E-state index contributed by atoms with van der Waals surface area (Å²) in [6, 6.07) is 3.19. The second-order valence-electron chi connectivity index (χ2n) is 1.23. The lowest BCUT2D eigenvalue weighted by Gasteiger charge is -1.75. The van der Waals surface area contributed by atoms with E-state index in [1.165, 1.54) is 0 Å². The number of H-pyrrole nitrogens is 2. The van der Waals surface area contributed by atoms with Crippen LogP contribution in [0.1, 0.15) is 0 Å². The quantitative estimate of drug-likeness (QED) is 0.444. The van der Waals surface area contributed by atoms with Crippen molar-refractivity contribution in [1.82, 2.24) is 10.2 Å². The highest BCUT2D eigenvalue weighted by Crippen LogP contribution is 1.48. The molecule has 2 N–H and O–H groups in total. The van der Waals surface area contributed by atoms with Crippen LogP contribution >= 0.6 is 0 Å². The van der Waals surface area contributed by atoms with Crippen LogP contribution in [0.3, 0.4) is 0 Å². The van der Waals surface area contributed by atoms with Crippen molar-refractivity contribution in [2.45, 2.75) is 0 Å². The Morgan fingerprint density at radius 3 is 2.50 bits per heavy atom. The van der Waals surface area contributed by atoms with Crippen LogP contribution in [0.4, 0.5) is 0 Å². The summed E-state index contributed by atoms with van der Waals surface area (Å²) in [7, 11) is 0. The molecule has 0 amide bonds. The number of hydrogen-bond acceptors (Lipinski definition) is 2. The maximum Gasteiger partial charge on any atom is 0.270 e. The maximum absolute atomic E-state index is 10.2. The first-order valence-electron chi connectivity index (χ1n) is 1.99. The largest absolute Gasteiger partial charge is 0.270 e. The molecule has 0 bridgehead atoms. The zero-order valence-electron chi connectivity index (χ0n) is 3.89. The van der Waals surface area contributed by atoms with Crippen molar-refractivity contribution in [3.05, 3.63) is 32.8 Å². The van der Waals surface area contributed by atoms with Gasteiger partial charge in [0.25, 0.3) is 11.1 Å². The zero-order valence-corrected chi connectivity index (χ0v) is 3.89.